The molecule has 100 valence electrons. The molecule has 0 aliphatic heterocycles. The highest BCUT2D eigenvalue weighted by Gasteiger charge is 2.50. The quantitative estimate of drug-likeness (QED) is 0.831. The van der Waals surface area contributed by atoms with E-state index in [1.807, 2.05) is 37.3 Å². The Morgan fingerprint density at radius 2 is 2.05 bits per heavy atom. The van der Waals surface area contributed by atoms with E-state index in [4.69, 9.17) is 0 Å². The van der Waals surface area contributed by atoms with Gasteiger partial charge in [-0.25, -0.2) is 0 Å². The molecule has 0 heterocycles. The first-order chi connectivity index (χ1) is 9.11. The van der Waals surface area contributed by atoms with Crippen LogP contribution in [0.15, 0.2) is 30.3 Å². The fraction of sp³-hybridized carbons (Fsp3) is 0.500. The van der Waals surface area contributed by atoms with Crippen LogP contribution in [0.5, 0.6) is 0 Å². The molecule has 0 spiro atoms. The lowest BCUT2D eigenvalue weighted by atomic mass is 9.62. The highest BCUT2D eigenvalue weighted by molar-refractivity contribution is 5.86. The predicted molar refractivity (Wildman–Crippen MR) is 74.0 cm³/mol. The minimum Gasteiger partial charge on any atom is -0.337 e. The smallest absolute Gasteiger partial charge is 0.243 e. The molecule has 0 saturated heterocycles. The molecule has 0 unspecified atom stereocenters. The first kappa shape index (κ1) is 13.6. The van der Waals surface area contributed by atoms with Gasteiger partial charge in [0.25, 0.3) is 0 Å². The van der Waals surface area contributed by atoms with Crippen LogP contribution in [-0.2, 0) is 11.3 Å². The van der Waals surface area contributed by atoms with Crippen molar-refractivity contribution in [2.45, 2.75) is 33.2 Å². The molecule has 0 radical (unpaired) electrons. The van der Waals surface area contributed by atoms with Gasteiger partial charge in [0.2, 0.25) is 5.91 Å². The second kappa shape index (κ2) is 5.44. The van der Waals surface area contributed by atoms with Crippen LogP contribution < -0.4 is 0 Å². The SMILES string of the molecule is CCN(Cc1ccccc1)C(=O)C1(C#N)CC(C)C1. The number of nitrogens with zero attached hydrogens (tertiary/aromatic N) is 2. The minimum atomic E-state index is -0.760. The number of carbonyl (C=O) groups is 1. The number of carbonyl (C=O) groups excluding carboxylic acids is 1. The second-order valence-electron chi connectivity index (χ2n) is 5.51. The molecule has 3 nitrogen and oxygen atoms in total. The van der Waals surface area contributed by atoms with Gasteiger partial charge in [0.15, 0.2) is 0 Å². The topological polar surface area (TPSA) is 44.1 Å². The third-order valence-electron chi connectivity index (χ3n) is 3.90. The van der Waals surface area contributed by atoms with Gasteiger partial charge < -0.3 is 4.90 Å². The fourth-order valence-corrected chi connectivity index (χ4v) is 2.88. The summed E-state index contributed by atoms with van der Waals surface area (Å²) in [6.45, 7) is 5.30. The number of hydrogen-bond acceptors (Lipinski definition) is 2. The monoisotopic (exact) mass is 256 g/mol. The zero-order valence-electron chi connectivity index (χ0n) is 11.6. The standard InChI is InChI=1S/C16H20N2O/c1-3-18(11-14-7-5-4-6-8-14)15(19)16(12-17)9-13(2)10-16/h4-8,13H,3,9-11H2,1-2H3. The molecular formula is C16H20N2O. The Bertz CT molecular complexity index is 483. The van der Waals surface area contributed by atoms with Gasteiger partial charge in [0.1, 0.15) is 5.41 Å². The van der Waals surface area contributed by atoms with Crippen molar-refractivity contribution >= 4 is 5.91 Å². The number of hydrogen-bond donors (Lipinski definition) is 0. The van der Waals surface area contributed by atoms with E-state index in [2.05, 4.69) is 13.0 Å². The van der Waals surface area contributed by atoms with Gasteiger partial charge in [-0.1, -0.05) is 37.3 Å². The van der Waals surface area contributed by atoms with Crippen molar-refractivity contribution in [1.82, 2.24) is 4.90 Å². The van der Waals surface area contributed by atoms with E-state index in [0.717, 1.165) is 5.56 Å². The second-order valence-corrected chi connectivity index (χ2v) is 5.51. The molecule has 1 amide bonds. The summed E-state index contributed by atoms with van der Waals surface area (Å²) in [4.78, 5) is 14.4. The molecule has 19 heavy (non-hydrogen) atoms. The fourth-order valence-electron chi connectivity index (χ4n) is 2.88. The molecule has 1 aromatic rings. The van der Waals surface area contributed by atoms with E-state index in [-0.39, 0.29) is 5.91 Å². The van der Waals surface area contributed by atoms with Crippen LogP contribution in [0.1, 0.15) is 32.3 Å². The Morgan fingerprint density at radius 1 is 1.42 bits per heavy atom. The van der Waals surface area contributed by atoms with Gasteiger partial charge in [-0.15, -0.1) is 0 Å². The Labute approximate surface area is 114 Å². The van der Waals surface area contributed by atoms with E-state index in [0.29, 0.717) is 31.8 Å². The van der Waals surface area contributed by atoms with Crippen LogP contribution in [-0.4, -0.2) is 17.4 Å². The molecule has 1 aromatic carbocycles. The number of rotatable bonds is 4. The maximum atomic E-state index is 12.6. The summed E-state index contributed by atoms with van der Waals surface area (Å²) >= 11 is 0. The van der Waals surface area contributed by atoms with E-state index in [1.165, 1.54) is 0 Å². The third-order valence-corrected chi connectivity index (χ3v) is 3.90. The molecule has 1 fully saturated rings. The molecule has 0 atom stereocenters. The van der Waals surface area contributed by atoms with Gasteiger partial charge in [-0.05, 0) is 31.2 Å². The van der Waals surface area contributed by atoms with E-state index >= 15 is 0 Å². The average Bonchev–Trinajstić information content (AvgIpc) is 2.41. The summed E-state index contributed by atoms with van der Waals surface area (Å²) in [5, 5.41) is 9.34. The molecule has 0 bridgehead atoms. The zero-order valence-corrected chi connectivity index (χ0v) is 11.6. The normalized spacial score (nSPS) is 25.2. The lowest BCUT2D eigenvalue weighted by molar-refractivity contribution is -0.145. The van der Waals surface area contributed by atoms with Crippen molar-refractivity contribution in [3.05, 3.63) is 35.9 Å². The Balaban J connectivity index is 2.10. The summed E-state index contributed by atoms with van der Waals surface area (Å²) < 4.78 is 0. The largest absolute Gasteiger partial charge is 0.337 e. The van der Waals surface area contributed by atoms with Crippen LogP contribution in [0.4, 0.5) is 0 Å². The lowest BCUT2D eigenvalue weighted by Crippen LogP contribution is -2.49. The van der Waals surface area contributed by atoms with Crippen molar-refractivity contribution < 1.29 is 4.79 Å². The van der Waals surface area contributed by atoms with Crippen LogP contribution >= 0.6 is 0 Å². The third kappa shape index (κ3) is 2.63. The molecule has 0 aromatic heterocycles. The predicted octanol–water partition coefficient (Wildman–Crippen LogP) is 2.97. The summed E-state index contributed by atoms with van der Waals surface area (Å²) in [5.41, 5.74) is 0.350. The molecule has 1 saturated carbocycles. The maximum absolute atomic E-state index is 12.6. The number of nitriles is 1. The molecule has 0 N–H and O–H groups in total. The van der Waals surface area contributed by atoms with Gasteiger partial charge in [0.05, 0.1) is 6.07 Å². The number of amides is 1. The van der Waals surface area contributed by atoms with Crippen molar-refractivity contribution in [2.75, 3.05) is 6.54 Å². The summed E-state index contributed by atoms with van der Waals surface area (Å²) in [6.07, 6.45) is 1.40. The van der Waals surface area contributed by atoms with Crippen molar-refractivity contribution in [2.24, 2.45) is 11.3 Å². The minimum absolute atomic E-state index is 0.000506. The van der Waals surface area contributed by atoms with Gasteiger partial charge >= 0.3 is 0 Å². The Kier molecular flexibility index (Phi) is 3.90. The van der Waals surface area contributed by atoms with Crippen LogP contribution in [0.2, 0.25) is 0 Å². The summed E-state index contributed by atoms with van der Waals surface area (Å²) in [5.74, 6) is 0.485. The molecule has 3 heteroatoms. The maximum Gasteiger partial charge on any atom is 0.243 e. The van der Waals surface area contributed by atoms with Crippen molar-refractivity contribution in [3.63, 3.8) is 0 Å². The molecule has 1 aliphatic rings. The first-order valence-electron chi connectivity index (χ1n) is 6.86. The highest BCUT2D eigenvalue weighted by Crippen LogP contribution is 2.46. The zero-order chi connectivity index (χ0) is 13.9. The van der Waals surface area contributed by atoms with Crippen LogP contribution in [0.25, 0.3) is 0 Å². The average molecular weight is 256 g/mol. The van der Waals surface area contributed by atoms with Gasteiger partial charge in [-0.3, -0.25) is 4.79 Å². The Morgan fingerprint density at radius 3 is 2.53 bits per heavy atom. The molecule has 2 rings (SSSR count). The summed E-state index contributed by atoms with van der Waals surface area (Å²) in [7, 11) is 0. The Hall–Kier alpha value is -1.82. The first-order valence-corrected chi connectivity index (χ1v) is 6.86. The van der Waals surface area contributed by atoms with Gasteiger partial charge in [-0.2, -0.15) is 5.26 Å². The highest BCUT2D eigenvalue weighted by atomic mass is 16.2. The molecule has 1 aliphatic carbocycles. The van der Waals surface area contributed by atoms with E-state index < -0.39 is 5.41 Å². The van der Waals surface area contributed by atoms with Crippen LogP contribution in [0.3, 0.4) is 0 Å². The number of benzene rings is 1. The summed E-state index contributed by atoms with van der Waals surface area (Å²) in [6, 6.07) is 12.2. The molecular weight excluding hydrogens is 236 g/mol. The van der Waals surface area contributed by atoms with Crippen LogP contribution in [0, 0.1) is 22.7 Å². The van der Waals surface area contributed by atoms with E-state index in [1.54, 1.807) is 4.90 Å². The van der Waals surface area contributed by atoms with Crippen molar-refractivity contribution in [3.8, 4) is 6.07 Å². The van der Waals surface area contributed by atoms with Gasteiger partial charge in [0, 0.05) is 13.1 Å². The lowest BCUT2D eigenvalue weighted by Gasteiger charge is -2.42. The van der Waals surface area contributed by atoms with E-state index in [9.17, 15) is 10.1 Å². The van der Waals surface area contributed by atoms with Crippen molar-refractivity contribution in [1.29, 1.82) is 5.26 Å².